The SMILES string of the molecule is CC1CN(C(C)C(=O)c2ccc(Cl)cc2Cl)CCO1. The normalized spacial score (nSPS) is 22.2. The van der Waals surface area contributed by atoms with Crippen molar-refractivity contribution in [1.82, 2.24) is 4.90 Å². The summed E-state index contributed by atoms with van der Waals surface area (Å²) < 4.78 is 5.49. The number of Topliss-reactive ketones (excluding diaryl/α,β-unsaturated/α-hetero) is 1. The molecule has 3 nitrogen and oxygen atoms in total. The van der Waals surface area contributed by atoms with E-state index >= 15 is 0 Å². The number of ether oxygens (including phenoxy) is 1. The van der Waals surface area contributed by atoms with Gasteiger partial charge in [-0.05, 0) is 32.0 Å². The lowest BCUT2D eigenvalue weighted by molar-refractivity contribution is -0.0277. The highest BCUT2D eigenvalue weighted by Gasteiger charge is 2.27. The lowest BCUT2D eigenvalue weighted by atomic mass is 10.0. The second-order valence-electron chi connectivity index (χ2n) is 4.84. The minimum atomic E-state index is -0.204. The molecule has 1 fully saturated rings. The molecule has 1 aliphatic heterocycles. The molecule has 1 heterocycles. The van der Waals surface area contributed by atoms with Crippen molar-refractivity contribution in [3.63, 3.8) is 0 Å². The lowest BCUT2D eigenvalue weighted by Gasteiger charge is -2.34. The van der Waals surface area contributed by atoms with Gasteiger partial charge in [-0.3, -0.25) is 9.69 Å². The maximum absolute atomic E-state index is 12.5. The second-order valence-corrected chi connectivity index (χ2v) is 5.68. The Hall–Kier alpha value is -0.610. The van der Waals surface area contributed by atoms with Crippen LogP contribution in [0.5, 0.6) is 0 Å². The van der Waals surface area contributed by atoms with Gasteiger partial charge in [-0.1, -0.05) is 23.2 Å². The van der Waals surface area contributed by atoms with Crippen LogP contribution in [0.1, 0.15) is 24.2 Å². The van der Waals surface area contributed by atoms with Crippen LogP contribution in [-0.2, 0) is 4.74 Å². The molecule has 1 saturated heterocycles. The van der Waals surface area contributed by atoms with Crippen LogP contribution in [0.4, 0.5) is 0 Å². The molecule has 0 saturated carbocycles. The average molecular weight is 302 g/mol. The van der Waals surface area contributed by atoms with Crippen LogP contribution in [0.15, 0.2) is 18.2 Å². The summed E-state index contributed by atoms with van der Waals surface area (Å²) in [7, 11) is 0. The van der Waals surface area contributed by atoms with E-state index in [2.05, 4.69) is 4.90 Å². The first-order valence-corrected chi connectivity index (χ1v) is 7.09. The molecule has 0 amide bonds. The predicted octanol–water partition coefficient (Wildman–Crippen LogP) is 3.29. The van der Waals surface area contributed by atoms with Gasteiger partial charge in [0.05, 0.1) is 23.8 Å². The quantitative estimate of drug-likeness (QED) is 0.803. The molecule has 2 unspecified atom stereocenters. The first kappa shape index (κ1) is 14.8. The Morgan fingerprint density at radius 2 is 2.21 bits per heavy atom. The number of halogens is 2. The maximum atomic E-state index is 12.5. The monoisotopic (exact) mass is 301 g/mol. The van der Waals surface area contributed by atoms with E-state index in [1.54, 1.807) is 18.2 Å². The number of rotatable bonds is 3. The molecule has 0 aliphatic carbocycles. The maximum Gasteiger partial charge on any atom is 0.181 e. The summed E-state index contributed by atoms with van der Waals surface area (Å²) in [6.45, 7) is 6.11. The molecule has 1 aromatic rings. The van der Waals surface area contributed by atoms with Crippen LogP contribution in [0, 0.1) is 0 Å². The number of nitrogens with zero attached hydrogens (tertiary/aromatic N) is 1. The highest BCUT2D eigenvalue weighted by atomic mass is 35.5. The third-order valence-electron chi connectivity index (χ3n) is 3.40. The number of morpholine rings is 1. The molecule has 1 aliphatic rings. The van der Waals surface area contributed by atoms with E-state index < -0.39 is 0 Å². The fraction of sp³-hybridized carbons (Fsp3) is 0.500. The van der Waals surface area contributed by atoms with Crippen LogP contribution >= 0.6 is 23.2 Å². The van der Waals surface area contributed by atoms with Gasteiger partial charge >= 0.3 is 0 Å². The topological polar surface area (TPSA) is 29.5 Å². The summed E-state index contributed by atoms with van der Waals surface area (Å²) >= 11 is 11.9. The van der Waals surface area contributed by atoms with E-state index in [9.17, 15) is 4.79 Å². The molecule has 19 heavy (non-hydrogen) atoms. The van der Waals surface area contributed by atoms with E-state index in [4.69, 9.17) is 27.9 Å². The number of hydrogen-bond donors (Lipinski definition) is 0. The Labute approximate surface area is 123 Å². The molecule has 0 aromatic heterocycles. The third-order valence-corrected chi connectivity index (χ3v) is 3.94. The van der Waals surface area contributed by atoms with Crippen molar-refractivity contribution in [3.05, 3.63) is 33.8 Å². The zero-order chi connectivity index (χ0) is 14.0. The molecule has 1 aromatic carbocycles. The molecule has 2 atom stereocenters. The van der Waals surface area contributed by atoms with Crippen molar-refractivity contribution >= 4 is 29.0 Å². The van der Waals surface area contributed by atoms with E-state index in [1.165, 1.54) is 0 Å². The van der Waals surface area contributed by atoms with E-state index in [0.717, 1.165) is 13.1 Å². The molecule has 0 radical (unpaired) electrons. The van der Waals surface area contributed by atoms with Crippen molar-refractivity contribution in [2.75, 3.05) is 19.7 Å². The van der Waals surface area contributed by atoms with Crippen molar-refractivity contribution in [1.29, 1.82) is 0 Å². The van der Waals surface area contributed by atoms with Crippen LogP contribution in [0.2, 0.25) is 10.0 Å². The van der Waals surface area contributed by atoms with Crippen LogP contribution < -0.4 is 0 Å². The number of hydrogen-bond acceptors (Lipinski definition) is 3. The van der Waals surface area contributed by atoms with Crippen LogP contribution in [-0.4, -0.2) is 42.5 Å². The third kappa shape index (κ3) is 3.48. The zero-order valence-electron chi connectivity index (χ0n) is 11.0. The summed E-state index contributed by atoms with van der Waals surface area (Å²) in [5, 5.41) is 0.944. The number of carbonyl (C=O) groups excluding carboxylic acids is 1. The van der Waals surface area contributed by atoms with Crippen molar-refractivity contribution < 1.29 is 9.53 Å². The van der Waals surface area contributed by atoms with E-state index in [0.29, 0.717) is 22.2 Å². The summed E-state index contributed by atoms with van der Waals surface area (Å²) in [5.74, 6) is 0.0239. The fourth-order valence-electron chi connectivity index (χ4n) is 2.28. The summed E-state index contributed by atoms with van der Waals surface area (Å²) in [4.78, 5) is 14.6. The Bertz CT molecular complexity index is 479. The van der Waals surface area contributed by atoms with Gasteiger partial charge in [0.15, 0.2) is 5.78 Å². The molecule has 0 spiro atoms. The molecule has 0 N–H and O–H groups in total. The lowest BCUT2D eigenvalue weighted by Crippen LogP contribution is -2.48. The van der Waals surface area contributed by atoms with E-state index in [-0.39, 0.29) is 17.9 Å². The van der Waals surface area contributed by atoms with Gasteiger partial charge in [0.1, 0.15) is 0 Å². The first-order valence-electron chi connectivity index (χ1n) is 6.34. The van der Waals surface area contributed by atoms with Gasteiger partial charge in [-0.2, -0.15) is 0 Å². The summed E-state index contributed by atoms with van der Waals surface area (Å²) in [5.41, 5.74) is 0.526. The minimum absolute atomic E-state index is 0.0239. The summed E-state index contributed by atoms with van der Waals surface area (Å²) in [6, 6.07) is 4.78. The zero-order valence-corrected chi connectivity index (χ0v) is 12.5. The standard InChI is InChI=1S/C14H17Cl2NO2/c1-9-8-17(5-6-19-9)10(2)14(18)12-4-3-11(15)7-13(12)16/h3-4,7,9-10H,5-6,8H2,1-2H3. The number of benzene rings is 1. The minimum Gasteiger partial charge on any atom is -0.376 e. The Kier molecular flexibility index (Phi) is 4.85. The number of carbonyl (C=O) groups is 1. The van der Waals surface area contributed by atoms with Crippen molar-refractivity contribution in [3.8, 4) is 0 Å². The van der Waals surface area contributed by atoms with Gasteiger partial charge in [0.2, 0.25) is 0 Å². The fourth-order valence-corrected chi connectivity index (χ4v) is 2.78. The van der Waals surface area contributed by atoms with Crippen LogP contribution in [0.3, 0.4) is 0 Å². The van der Waals surface area contributed by atoms with Gasteiger partial charge in [0, 0.05) is 23.7 Å². The Morgan fingerprint density at radius 1 is 1.47 bits per heavy atom. The average Bonchev–Trinajstić information content (AvgIpc) is 2.37. The Balaban J connectivity index is 2.14. The Morgan fingerprint density at radius 3 is 2.84 bits per heavy atom. The highest BCUT2D eigenvalue weighted by Crippen LogP contribution is 2.23. The second kappa shape index (κ2) is 6.23. The van der Waals surface area contributed by atoms with Crippen molar-refractivity contribution in [2.45, 2.75) is 26.0 Å². The van der Waals surface area contributed by atoms with Crippen LogP contribution in [0.25, 0.3) is 0 Å². The molecular weight excluding hydrogens is 285 g/mol. The predicted molar refractivity (Wildman–Crippen MR) is 77.2 cm³/mol. The molecule has 0 bridgehead atoms. The largest absolute Gasteiger partial charge is 0.376 e. The van der Waals surface area contributed by atoms with E-state index in [1.807, 2.05) is 13.8 Å². The van der Waals surface area contributed by atoms with Gasteiger partial charge in [-0.15, -0.1) is 0 Å². The van der Waals surface area contributed by atoms with Gasteiger partial charge in [0.25, 0.3) is 0 Å². The molecule has 104 valence electrons. The molecule has 5 heteroatoms. The smallest absolute Gasteiger partial charge is 0.181 e. The van der Waals surface area contributed by atoms with Gasteiger partial charge in [-0.25, -0.2) is 0 Å². The van der Waals surface area contributed by atoms with Gasteiger partial charge < -0.3 is 4.74 Å². The van der Waals surface area contributed by atoms with Crippen molar-refractivity contribution in [2.24, 2.45) is 0 Å². The molecule has 2 rings (SSSR count). The number of ketones is 1. The highest BCUT2D eigenvalue weighted by molar-refractivity contribution is 6.37. The molecular formula is C14H17Cl2NO2. The summed E-state index contributed by atoms with van der Waals surface area (Å²) in [6.07, 6.45) is 0.157. The first-order chi connectivity index (χ1) is 8.99.